The second-order valence-electron chi connectivity index (χ2n) is 6.44. The number of carbonyl (C=O) groups excluding carboxylic acids is 1. The molecule has 5 nitrogen and oxygen atoms in total. The molecule has 1 saturated heterocycles. The normalized spacial score (nSPS) is 30.5. The first-order valence-electron chi connectivity index (χ1n) is 7.92. The lowest BCUT2D eigenvalue weighted by Gasteiger charge is -2.46. The smallest absolute Gasteiger partial charge is 0.314 e. The third-order valence-corrected chi connectivity index (χ3v) is 5.22. The van der Waals surface area contributed by atoms with Crippen molar-refractivity contribution in [2.24, 2.45) is 17.3 Å². The molecule has 1 rings (SSSR count). The van der Waals surface area contributed by atoms with Crippen LogP contribution in [0.2, 0.25) is 0 Å². The van der Waals surface area contributed by atoms with Crippen LogP contribution in [-0.2, 0) is 14.3 Å². The maximum Gasteiger partial charge on any atom is 0.314 e. The maximum atomic E-state index is 12.4. The molecule has 1 heterocycles. The number of ether oxygens (including phenoxy) is 2. The van der Waals surface area contributed by atoms with Crippen LogP contribution in [-0.4, -0.2) is 52.5 Å². The average molecular weight is 300 g/mol. The van der Waals surface area contributed by atoms with Crippen molar-refractivity contribution in [3.8, 4) is 0 Å². The summed E-state index contributed by atoms with van der Waals surface area (Å²) >= 11 is 0. The van der Waals surface area contributed by atoms with E-state index in [1.807, 2.05) is 14.0 Å². The van der Waals surface area contributed by atoms with E-state index in [1.54, 1.807) is 7.11 Å². The number of esters is 1. The monoisotopic (exact) mass is 300 g/mol. The standard InChI is InChI=1S/C16H32N2O3/c1-7-12-9-18-14(11(2)17-4)8-13(12)16(3,10-20-5)15(19)21-6/h11-14,17-18H,7-10H2,1-6H3/t11?,12-,13+,14?,16?/m1/s1. The Hall–Kier alpha value is -0.650. The quantitative estimate of drug-likeness (QED) is 0.697. The first-order chi connectivity index (χ1) is 9.94. The van der Waals surface area contributed by atoms with E-state index in [9.17, 15) is 4.79 Å². The van der Waals surface area contributed by atoms with Gasteiger partial charge in [-0.15, -0.1) is 0 Å². The molecule has 1 aliphatic rings. The molecule has 0 amide bonds. The van der Waals surface area contributed by atoms with Crippen LogP contribution in [0.1, 0.15) is 33.6 Å². The van der Waals surface area contributed by atoms with Crippen LogP contribution in [0.5, 0.6) is 0 Å². The van der Waals surface area contributed by atoms with Crippen LogP contribution in [0.25, 0.3) is 0 Å². The number of methoxy groups -OCH3 is 2. The van der Waals surface area contributed by atoms with Crippen molar-refractivity contribution in [2.75, 3.05) is 34.4 Å². The van der Waals surface area contributed by atoms with E-state index in [-0.39, 0.29) is 11.9 Å². The molecule has 1 fully saturated rings. The Morgan fingerprint density at radius 3 is 2.62 bits per heavy atom. The van der Waals surface area contributed by atoms with Gasteiger partial charge in [-0.1, -0.05) is 13.3 Å². The summed E-state index contributed by atoms with van der Waals surface area (Å²) in [6, 6.07) is 0.735. The third kappa shape index (κ3) is 3.96. The molecule has 21 heavy (non-hydrogen) atoms. The van der Waals surface area contributed by atoms with Gasteiger partial charge in [-0.2, -0.15) is 0 Å². The van der Waals surface area contributed by atoms with Gasteiger partial charge in [0, 0.05) is 19.2 Å². The molecule has 124 valence electrons. The Morgan fingerprint density at radius 2 is 2.14 bits per heavy atom. The van der Waals surface area contributed by atoms with Gasteiger partial charge in [0.05, 0.1) is 19.1 Å². The zero-order chi connectivity index (χ0) is 16.0. The predicted octanol–water partition coefficient (Wildman–Crippen LogP) is 1.42. The minimum Gasteiger partial charge on any atom is -0.469 e. The summed E-state index contributed by atoms with van der Waals surface area (Å²) in [4.78, 5) is 12.4. The summed E-state index contributed by atoms with van der Waals surface area (Å²) in [5, 5.41) is 6.92. The van der Waals surface area contributed by atoms with E-state index < -0.39 is 5.41 Å². The molecule has 0 aromatic carbocycles. The zero-order valence-corrected chi connectivity index (χ0v) is 14.4. The molecule has 5 heteroatoms. The van der Waals surface area contributed by atoms with Gasteiger partial charge in [0.15, 0.2) is 0 Å². The lowest BCUT2D eigenvalue weighted by Crippen LogP contribution is -2.57. The molecule has 0 saturated carbocycles. The van der Waals surface area contributed by atoms with Crippen molar-refractivity contribution in [1.29, 1.82) is 0 Å². The summed E-state index contributed by atoms with van der Waals surface area (Å²) in [7, 11) is 5.09. The van der Waals surface area contributed by atoms with Gasteiger partial charge in [0.2, 0.25) is 0 Å². The molecule has 3 unspecified atom stereocenters. The van der Waals surface area contributed by atoms with E-state index in [4.69, 9.17) is 9.47 Å². The van der Waals surface area contributed by atoms with Gasteiger partial charge in [0.25, 0.3) is 0 Å². The Balaban J connectivity index is 3.02. The van der Waals surface area contributed by atoms with Crippen LogP contribution in [0.4, 0.5) is 0 Å². The van der Waals surface area contributed by atoms with Crippen molar-refractivity contribution >= 4 is 5.97 Å². The minimum absolute atomic E-state index is 0.162. The molecule has 2 N–H and O–H groups in total. The van der Waals surface area contributed by atoms with E-state index in [2.05, 4.69) is 24.5 Å². The van der Waals surface area contributed by atoms with E-state index in [0.717, 1.165) is 19.4 Å². The Morgan fingerprint density at radius 1 is 1.48 bits per heavy atom. The third-order valence-electron chi connectivity index (χ3n) is 5.22. The van der Waals surface area contributed by atoms with E-state index in [0.29, 0.717) is 24.6 Å². The Labute approximate surface area is 129 Å². The van der Waals surface area contributed by atoms with Crippen molar-refractivity contribution in [3.05, 3.63) is 0 Å². The van der Waals surface area contributed by atoms with Crippen LogP contribution in [0.3, 0.4) is 0 Å². The summed E-state index contributed by atoms with van der Waals surface area (Å²) in [5.41, 5.74) is -0.585. The molecule has 0 bridgehead atoms. The number of nitrogens with one attached hydrogen (secondary N) is 2. The topological polar surface area (TPSA) is 59.6 Å². The Kier molecular flexibility index (Phi) is 7.10. The van der Waals surface area contributed by atoms with Crippen LogP contribution in [0.15, 0.2) is 0 Å². The molecule has 0 aromatic heterocycles. The van der Waals surface area contributed by atoms with Gasteiger partial charge in [-0.3, -0.25) is 4.79 Å². The van der Waals surface area contributed by atoms with Gasteiger partial charge < -0.3 is 20.1 Å². The van der Waals surface area contributed by atoms with Gasteiger partial charge in [-0.25, -0.2) is 0 Å². The van der Waals surface area contributed by atoms with Crippen molar-refractivity contribution in [2.45, 2.75) is 45.7 Å². The van der Waals surface area contributed by atoms with Crippen molar-refractivity contribution < 1.29 is 14.3 Å². The Bertz CT molecular complexity index is 337. The highest BCUT2D eigenvalue weighted by molar-refractivity contribution is 5.77. The SMILES string of the molecule is CC[C@@H]1CNC(C(C)NC)C[C@@H]1C(C)(COC)C(=O)OC. The second kappa shape index (κ2) is 8.11. The molecule has 0 aliphatic carbocycles. The van der Waals surface area contributed by atoms with Crippen molar-refractivity contribution in [1.82, 2.24) is 10.6 Å². The van der Waals surface area contributed by atoms with Gasteiger partial charge in [-0.05, 0) is 45.7 Å². The highest BCUT2D eigenvalue weighted by Crippen LogP contribution is 2.41. The highest BCUT2D eigenvalue weighted by Gasteiger charge is 2.48. The summed E-state index contributed by atoms with van der Waals surface area (Å²) < 4.78 is 10.4. The number of likely N-dealkylation sites (N-methyl/N-ethyl adjacent to an activating group) is 1. The molecule has 0 spiro atoms. The molecular weight excluding hydrogens is 268 g/mol. The highest BCUT2D eigenvalue weighted by atomic mass is 16.5. The molecule has 0 aromatic rings. The zero-order valence-electron chi connectivity index (χ0n) is 14.4. The lowest BCUT2D eigenvalue weighted by atomic mass is 9.65. The summed E-state index contributed by atoms with van der Waals surface area (Å²) in [5.74, 6) is 0.562. The van der Waals surface area contributed by atoms with E-state index in [1.165, 1.54) is 7.11 Å². The fourth-order valence-electron chi connectivity index (χ4n) is 3.64. The summed E-state index contributed by atoms with van der Waals surface area (Å²) in [6.45, 7) is 7.69. The van der Waals surface area contributed by atoms with Crippen molar-refractivity contribution in [3.63, 3.8) is 0 Å². The van der Waals surface area contributed by atoms with E-state index >= 15 is 0 Å². The maximum absolute atomic E-state index is 12.4. The predicted molar refractivity (Wildman–Crippen MR) is 84.2 cm³/mol. The van der Waals surface area contributed by atoms with Crippen LogP contribution < -0.4 is 10.6 Å². The molecule has 0 radical (unpaired) electrons. The molecular formula is C16H32N2O3. The average Bonchev–Trinajstić information content (AvgIpc) is 2.52. The second-order valence-corrected chi connectivity index (χ2v) is 6.44. The number of carbonyl (C=O) groups is 1. The lowest BCUT2D eigenvalue weighted by molar-refractivity contribution is -0.162. The first-order valence-corrected chi connectivity index (χ1v) is 7.92. The number of hydrogen-bond donors (Lipinski definition) is 2. The number of piperidine rings is 1. The number of hydrogen-bond acceptors (Lipinski definition) is 5. The number of rotatable bonds is 7. The fraction of sp³-hybridized carbons (Fsp3) is 0.938. The first kappa shape index (κ1) is 18.4. The fourth-order valence-corrected chi connectivity index (χ4v) is 3.64. The minimum atomic E-state index is -0.585. The largest absolute Gasteiger partial charge is 0.469 e. The van der Waals surface area contributed by atoms with Gasteiger partial charge in [0.1, 0.15) is 0 Å². The van der Waals surface area contributed by atoms with Crippen LogP contribution in [0, 0.1) is 17.3 Å². The molecule has 1 aliphatic heterocycles. The molecule has 5 atom stereocenters. The van der Waals surface area contributed by atoms with Crippen LogP contribution >= 0.6 is 0 Å². The summed E-state index contributed by atoms with van der Waals surface area (Å²) in [6.07, 6.45) is 2.00. The van der Waals surface area contributed by atoms with Gasteiger partial charge >= 0.3 is 5.97 Å².